The molecular formula is C15H21N5O2S. The molecule has 124 valence electrons. The Morgan fingerprint density at radius 1 is 1.48 bits per heavy atom. The Balaban J connectivity index is 1.82. The molecule has 23 heavy (non-hydrogen) atoms. The lowest BCUT2D eigenvalue weighted by Crippen LogP contribution is -2.44. The van der Waals surface area contributed by atoms with Gasteiger partial charge >= 0.3 is 0 Å². The van der Waals surface area contributed by atoms with Crippen LogP contribution in [0.2, 0.25) is 0 Å². The zero-order valence-electron chi connectivity index (χ0n) is 13.6. The van der Waals surface area contributed by atoms with E-state index in [-0.39, 0.29) is 23.4 Å². The van der Waals surface area contributed by atoms with Crippen LogP contribution >= 0.6 is 11.3 Å². The highest BCUT2D eigenvalue weighted by Gasteiger charge is 2.28. The highest BCUT2D eigenvalue weighted by atomic mass is 32.1. The maximum absolute atomic E-state index is 12.2. The van der Waals surface area contributed by atoms with Gasteiger partial charge in [0.05, 0.1) is 5.92 Å². The van der Waals surface area contributed by atoms with Crippen LogP contribution in [0.1, 0.15) is 32.4 Å². The van der Waals surface area contributed by atoms with E-state index in [1.54, 1.807) is 6.92 Å². The van der Waals surface area contributed by atoms with Crippen LogP contribution in [0, 0.1) is 12.8 Å². The van der Waals surface area contributed by atoms with Crippen molar-refractivity contribution >= 4 is 27.3 Å². The van der Waals surface area contributed by atoms with Gasteiger partial charge in [0.1, 0.15) is 0 Å². The van der Waals surface area contributed by atoms with E-state index >= 15 is 0 Å². The van der Waals surface area contributed by atoms with Crippen molar-refractivity contribution in [2.24, 2.45) is 5.92 Å². The van der Waals surface area contributed by atoms with Gasteiger partial charge < -0.3 is 10.2 Å². The fourth-order valence-corrected chi connectivity index (χ4v) is 3.79. The number of rotatable bonds is 3. The van der Waals surface area contributed by atoms with E-state index in [1.807, 2.05) is 13.8 Å². The maximum Gasteiger partial charge on any atom is 0.275 e. The third-order valence-corrected chi connectivity index (χ3v) is 4.83. The zero-order chi connectivity index (χ0) is 16.6. The summed E-state index contributed by atoms with van der Waals surface area (Å²) in [5.41, 5.74) is 0.527. The number of aryl methyl sites for hydroxylation is 1. The SMILES string of the molecule is Cc1cc(=O)n2nc(N3CCCC(C(=O)NC(C)C)C3)sc2n1. The molecule has 1 fully saturated rings. The van der Waals surface area contributed by atoms with Crippen LogP contribution in [-0.2, 0) is 4.79 Å². The van der Waals surface area contributed by atoms with E-state index in [9.17, 15) is 9.59 Å². The molecule has 0 spiro atoms. The molecule has 0 aliphatic carbocycles. The summed E-state index contributed by atoms with van der Waals surface area (Å²) in [6.45, 7) is 7.21. The minimum absolute atomic E-state index is 0.0374. The van der Waals surface area contributed by atoms with Crippen molar-refractivity contribution in [2.45, 2.75) is 39.7 Å². The van der Waals surface area contributed by atoms with Gasteiger partial charge in [-0.1, -0.05) is 11.3 Å². The Labute approximate surface area is 138 Å². The van der Waals surface area contributed by atoms with Gasteiger partial charge in [-0.25, -0.2) is 4.98 Å². The van der Waals surface area contributed by atoms with Gasteiger partial charge in [0.25, 0.3) is 5.56 Å². The van der Waals surface area contributed by atoms with E-state index in [0.29, 0.717) is 17.2 Å². The monoisotopic (exact) mass is 335 g/mol. The molecule has 0 aromatic carbocycles. The van der Waals surface area contributed by atoms with E-state index in [2.05, 4.69) is 20.3 Å². The van der Waals surface area contributed by atoms with Gasteiger partial charge in [0.15, 0.2) is 0 Å². The van der Waals surface area contributed by atoms with Crippen molar-refractivity contribution in [1.29, 1.82) is 0 Å². The van der Waals surface area contributed by atoms with Crippen molar-refractivity contribution in [3.8, 4) is 0 Å². The normalized spacial score (nSPS) is 18.6. The number of aromatic nitrogens is 3. The Morgan fingerprint density at radius 3 is 3.00 bits per heavy atom. The van der Waals surface area contributed by atoms with Crippen LogP contribution in [0.3, 0.4) is 0 Å². The minimum Gasteiger partial charge on any atom is -0.354 e. The van der Waals surface area contributed by atoms with Gasteiger partial charge in [-0.05, 0) is 33.6 Å². The van der Waals surface area contributed by atoms with E-state index in [1.165, 1.54) is 21.9 Å². The Kier molecular flexibility index (Phi) is 4.34. The van der Waals surface area contributed by atoms with Gasteiger partial charge in [-0.15, -0.1) is 5.10 Å². The summed E-state index contributed by atoms with van der Waals surface area (Å²) in [6.07, 6.45) is 1.82. The second-order valence-electron chi connectivity index (χ2n) is 6.26. The number of fused-ring (bicyclic) bond motifs is 1. The smallest absolute Gasteiger partial charge is 0.275 e. The zero-order valence-corrected chi connectivity index (χ0v) is 14.4. The summed E-state index contributed by atoms with van der Waals surface area (Å²) in [7, 11) is 0. The quantitative estimate of drug-likeness (QED) is 0.912. The van der Waals surface area contributed by atoms with Crippen LogP contribution in [0.25, 0.3) is 4.96 Å². The highest BCUT2D eigenvalue weighted by molar-refractivity contribution is 7.20. The highest BCUT2D eigenvalue weighted by Crippen LogP contribution is 2.26. The molecule has 0 saturated carbocycles. The summed E-state index contributed by atoms with van der Waals surface area (Å²) in [4.78, 5) is 31.2. The second kappa shape index (κ2) is 6.27. The fourth-order valence-electron chi connectivity index (χ4n) is 2.81. The Hall–Kier alpha value is -1.96. The van der Waals surface area contributed by atoms with Crippen molar-refractivity contribution in [3.63, 3.8) is 0 Å². The molecule has 3 heterocycles. The summed E-state index contributed by atoms with van der Waals surface area (Å²) in [5.74, 6) is 0.0570. The maximum atomic E-state index is 12.2. The molecule has 0 radical (unpaired) electrons. The average molecular weight is 335 g/mol. The van der Waals surface area contributed by atoms with Crippen molar-refractivity contribution < 1.29 is 4.79 Å². The number of amides is 1. The van der Waals surface area contributed by atoms with Gasteiger partial charge in [0.2, 0.25) is 16.0 Å². The molecule has 1 aliphatic rings. The summed E-state index contributed by atoms with van der Waals surface area (Å²) < 4.78 is 1.34. The Bertz CT molecular complexity index is 782. The topological polar surface area (TPSA) is 79.6 Å². The van der Waals surface area contributed by atoms with E-state index in [0.717, 1.165) is 24.5 Å². The minimum atomic E-state index is -0.166. The molecule has 1 aliphatic heterocycles. The number of carbonyl (C=O) groups excluding carboxylic acids is 1. The molecule has 1 amide bonds. The molecule has 2 aromatic rings. The van der Waals surface area contributed by atoms with Gasteiger partial charge in [0, 0.05) is 30.9 Å². The van der Waals surface area contributed by atoms with E-state index in [4.69, 9.17) is 0 Å². The first-order chi connectivity index (χ1) is 10.9. The van der Waals surface area contributed by atoms with Crippen molar-refractivity contribution in [3.05, 3.63) is 22.1 Å². The number of nitrogens with one attached hydrogen (secondary N) is 1. The molecule has 2 aromatic heterocycles. The number of anilines is 1. The van der Waals surface area contributed by atoms with E-state index < -0.39 is 0 Å². The molecule has 1 N–H and O–H groups in total. The first-order valence-corrected chi connectivity index (χ1v) is 8.68. The molecule has 7 nitrogen and oxygen atoms in total. The standard InChI is InChI=1S/C15H21N5O2S/c1-9(2)16-13(22)11-5-4-6-19(8-11)15-18-20-12(21)7-10(3)17-14(20)23-15/h7,9,11H,4-6,8H2,1-3H3,(H,16,22). The average Bonchev–Trinajstić information content (AvgIpc) is 2.91. The predicted octanol–water partition coefficient (Wildman–Crippen LogP) is 1.20. The summed E-state index contributed by atoms with van der Waals surface area (Å²) >= 11 is 1.39. The second-order valence-corrected chi connectivity index (χ2v) is 7.20. The first kappa shape index (κ1) is 15.9. The third-order valence-electron chi connectivity index (χ3n) is 3.86. The molecular weight excluding hydrogens is 314 g/mol. The fraction of sp³-hybridized carbons (Fsp3) is 0.600. The molecule has 0 bridgehead atoms. The first-order valence-electron chi connectivity index (χ1n) is 7.87. The van der Waals surface area contributed by atoms with Crippen molar-refractivity contribution in [1.82, 2.24) is 19.9 Å². The van der Waals surface area contributed by atoms with Crippen LogP contribution in [0.4, 0.5) is 5.13 Å². The Morgan fingerprint density at radius 2 is 2.26 bits per heavy atom. The molecule has 1 unspecified atom stereocenters. The lowest BCUT2D eigenvalue weighted by Gasteiger charge is -2.31. The largest absolute Gasteiger partial charge is 0.354 e. The summed E-state index contributed by atoms with van der Waals surface area (Å²) in [6, 6.07) is 1.62. The van der Waals surface area contributed by atoms with Gasteiger partial charge in [-0.3, -0.25) is 9.59 Å². The summed E-state index contributed by atoms with van der Waals surface area (Å²) in [5, 5.41) is 8.12. The van der Waals surface area contributed by atoms with Crippen LogP contribution in [-0.4, -0.2) is 39.6 Å². The number of hydrogen-bond acceptors (Lipinski definition) is 6. The molecule has 1 saturated heterocycles. The van der Waals surface area contributed by atoms with Crippen molar-refractivity contribution in [2.75, 3.05) is 18.0 Å². The predicted molar refractivity (Wildman–Crippen MR) is 90.1 cm³/mol. The lowest BCUT2D eigenvalue weighted by atomic mass is 9.97. The number of carbonyl (C=O) groups is 1. The molecule has 8 heteroatoms. The molecule has 1 atom stereocenters. The number of piperidine rings is 1. The van der Waals surface area contributed by atoms with Gasteiger partial charge in [-0.2, -0.15) is 4.52 Å². The number of nitrogens with zero attached hydrogens (tertiary/aromatic N) is 4. The number of hydrogen-bond donors (Lipinski definition) is 1. The van der Waals surface area contributed by atoms with Crippen LogP contribution < -0.4 is 15.8 Å². The lowest BCUT2D eigenvalue weighted by molar-refractivity contribution is -0.125. The molecule has 3 rings (SSSR count). The van der Waals surface area contributed by atoms with Crippen LogP contribution in [0.5, 0.6) is 0 Å². The third kappa shape index (κ3) is 3.36. The van der Waals surface area contributed by atoms with Crippen LogP contribution in [0.15, 0.2) is 10.9 Å².